The molecule has 0 radical (unpaired) electrons. The maximum atomic E-state index is 10.9. The lowest BCUT2D eigenvalue weighted by Crippen LogP contribution is -2.31. The normalized spacial score (nSPS) is 26.2. The van der Waals surface area contributed by atoms with E-state index in [-0.39, 0.29) is 24.1 Å². The van der Waals surface area contributed by atoms with Crippen molar-refractivity contribution in [2.45, 2.75) is 58.5 Å². The Morgan fingerprint density at radius 2 is 2.00 bits per heavy atom. The van der Waals surface area contributed by atoms with E-state index in [4.69, 9.17) is 14.2 Å². The highest BCUT2D eigenvalue weighted by atomic mass is 16.7. The number of ether oxygens (including phenoxy) is 3. The van der Waals surface area contributed by atoms with E-state index < -0.39 is 6.29 Å². The molecule has 1 rings (SSSR count). The summed E-state index contributed by atoms with van der Waals surface area (Å²) in [5.74, 6) is -0.669. The van der Waals surface area contributed by atoms with Gasteiger partial charge in [0.2, 0.25) is 6.29 Å². The van der Waals surface area contributed by atoms with Crippen LogP contribution < -0.4 is 0 Å². The fraction of sp³-hybridized carbons (Fsp3) is 0.818. The highest BCUT2D eigenvalue weighted by Gasteiger charge is 2.34. The Morgan fingerprint density at radius 1 is 1.31 bits per heavy atom. The molecule has 0 aromatic carbocycles. The second-order valence-electron chi connectivity index (χ2n) is 3.85. The van der Waals surface area contributed by atoms with Gasteiger partial charge in [-0.05, 0) is 12.8 Å². The number of esters is 2. The smallest absolute Gasteiger partial charge is 0.304 e. The van der Waals surface area contributed by atoms with Crippen LogP contribution in [0.2, 0.25) is 0 Å². The molecule has 1 fully saturated rings. The summed E-state index contributed by atoms with van der Waals surface area (Å²) in [5.41, 5.74) is 0. The Balaban J connectivity index is 2.43. The SMILES string of the molecule is CCC(OC(C)=O)C1CCC(OC(C)=O)O1. The summed E-state index contributed by atoms with van der Waals surface area (Å²) in [7, 11) is 0. The summed E-state index contributed by atoms with van der Waals surface area (Å²) in [6.45, 7) is 4.65. The minimum atomic E-state index is -0.493. The van der Waals surface area contributed by atoms with Crippen LogP contribution in [-0.2, 0) is 23.8 Å². The van der Waals surface area contributed by atoms with E-state index in [9.17, 15) is 9.59 Å². The molecule has 0 saturated carbocycles. The van der Waals surface area contributed by atoms with Gasteiger partial charge in [-0.15, -0.1) is 0 Å². The van der Waals surface area contributed by atoms with E-state index in [0.717, 1.165) is 6.42 Å². The lowest BCUT2D eigenvalue weighted by molar-refractivity contribution is -0.185. The van der Waals surface area contributed by atoms with Crippen LogP contribution in [0.15, 0.2) is 0 Å². The third-order valence-electron chi connectivity index (χ3n) is 2.45. The maximum absolute atomic E-state index is 10.9. The molecule has 1 heterocycles. The Hall–Kier alpha value is -1.10. The fourth-order valence-electron chi connectivity index (χ4n) is 1.81. The first kappa shape index (κ1) is 13.0. The molecule has 0 amide bonds. The van der Waals surface area contributed by atoms with Crippen molar-refractivity contribution in [3.05, 3.63) is 0 Å². The summed E-state index contributed by atoms with van der Waals surface area (Å²) < 4.78 is 15.6. The van der Waals surface area contributed by atoms with E-state index in [2.05, 4.69) is 0 Å². The first-order valence-corrected chi connectivity index (χ1v) is 5.52. The molecule has 0 aliphatic carbocycles. The van der Waals surface area contributed by atoms with Crippen molar-refractivity contribution in [1.82, 2.24) is 0 Å². The maximum Gasteiger partial charge on any atom is 0.304 e. The largest absolute Gasteiger partial charge is 0.460 e. The third-order valence-corrected chi connectivity index (χ3v) is 2.45. The zero-order valence-electron chi connectivity index (χ0n) is 9.89. The zero-order chi connectivity index (χ0) is 12.1. The van der Waals surface area contributed by atoms with E-state index in [1.165, 1.54) is 13.8 Å². The van der Waals surface area contributed by atoms with Gasteiger partial charge in [-0.2, -0.15) is 0 Å². The Kier molecular flexibility index (Phi) is 4.73. The first-order chi connectivity index (χ1) is 7.52. The van der Waals surface area contributed by atoms with Crippen LogP contribution >= 0.6 is 0 Å². The second kappa shape index (κ2) is 5.84. The van der Waals surface area contributed by atoms with Crippen LogP contribution in [-0.4, -0.2) is 30.4 Å². The van der Waals surface area contributed by atoms with Crippen molar-refractivity contribution >= 4 is 11.9 Å². The van der Waals surface area contributed by atoms with Gasteiger partial charge in [0.15, 0.2) is 0 Å². The molecule has 1 aliphatic heterocycles. The van der Waals surface area contributed by atoms with Gasteiger partial charge in [0.25, 0.3) is 0 Å². The van der Waals surface area contributed by atoms with E-state index in [1.807, 2.05) is 6.92 Å². The minimum absolute atomic E-state index is 0.168. The molecule has 0 N–H and O–H groups in total. The summed E-state index contributed by atoms with van der Waals surface area (Å²) in [6, 6.07) is 0. The van der Waals surface area contributed by atoms with Crippen molar-refractivity contribution in [2.24, 2.45) is 0 Å². The molecule has 3 atom stereocenters. The molecular formula is C11H18O5. The van der Waals surface area contributed by atoms with Gasteiger partial charge in [-0.3, -0.25) is 9.59 Å². The van der Waals surface area contributed by atoms with Crippen molar-refractivity contribution in [3.63, 3.8) is 0 Å². The first-order valence-electron chi connectivity index (χ1n) is 5.52. The molecule has 0 aromatic heterocycles. The highest BCUT2D eigenvalue weighted by Crippen LogP contribution is 2.26. The summed E-state index contributed by atoms with van der Waals surface area (Å²) in [4.78, 5) is 21.6. The van der Waals surface area contributed by atoms with Gasteiger partial charge >= 0.3 is 11.9 Å². The molecular weight excluding hydrogens is 212 g/mol. The lowest BCUT2D eigenvalue weighted by Gasteiger charge is -2.22. The van der Waals surface area contributed by atoms with Gasteiger partial charge in [-0.1, -0.05) is 6.92 Å². The lowest BCUT2D eigenvalue weighted by atomic mass is 10.1. The molecule has 3 unspecified atom stereocenters. The Labute approximate surface area is 95.0 Å². The van der Waals surface area contributed by atoms with Gasteiger partial charge in [-0.25, -0.2) is 0 Å². The monoisotopic (exact) mass is 230 g/mol. The fourth-order valence-corrected chi connectivity index (χ4v) is 1.81. The Bertz CT molecular complexity index is 263. The van der Waals surface area contributed by atoms with Crippen LogP contribution in [0.1, 0.15) is 40.0 Å². The second-order valence-corrected chi connectivity index (χ2v) is 3.85. The van der Waals surface area contributed by atoms with Crippen molar-refractivity contribution < 1.29 is 23.8 Å². The average molecular weight is 230 g/mol. The average Bonchev–Trinajstić information content (AvgIpc) is 2.61. The van der Waals surface area contributed by atoms with Gasteiger partial charge in [0, 0.05) is 20.3 Å². The van der Waals surface area contributed by atoms with Gasteiger partial charge < -0.3 is 14.2 Å². The zero-order valence-corrected chi connectivity index (χ0v) is 9.89. The van der Waals surface area contributed by atoms with Crippen molar-refractivity contribution in [3.8, 4) is 0 Å². The molecule has 92 valence electrons. The molecule has 5 heteroatoms. The standard InChI is InChI=1S/C11H18O5/c1-4-9(14-7(2)12)10-5-6-11(16-10)15-8(3)13/h9-11H,4-6H2,1-3H3. The topological polar surface area (TPSA) is 61.8 Å². The minimum Gasteiger partial charge on any atom is -0.460 e. The molecule has 0 spiro atoms. The van der Waals surface area contributed by atoms with Crippen LogP contribution in [0.25, 0.3) is 0 Å². The quantitative estimate of drug-likeness (QED) is 0.683. The molecule has 16 heavy (non-hydrogen) atoms. The van der Waals surface area contributed by atoms with E-state index in [1.54, 1.807) is 0 Å². The van der Waals surface area contributed by atoms with Gasteiger partial charge in [0.1, 0.15) is 6.10 Å². The Morgan fingerprint density at radius 3 is 2.50 bits per heavy atom. The number of hydrogen-bond donors (Lipinski definition) is 0. The van der Waals surface area contributed by atoms with Crippen LogP contribution in [0.5, 0.6) is 0 Å². The number of hydrogen-bond acceptors (Lipinski definition) is 5. The summed E-state index contributed by atoms with van der Waals surface area (Å²) in [5, 5.41) is 0. The third kappa shape index (κ3) is 3.81. The van der Waals surface area contributed by atoms with Gasteiger partial charge in [0.05, 0.1) is 6.10 Å². The van der Waals surface area contributed by atoms with E-state index in [0.29, 0.717) is 12.8 Å². The van der Waals surface area contributed by atoms with Crippen LogP contribution in [0.3, 0.4) is 0 Å². The summed E-state index contributed by atoms with van der Waals surface area (Å²) in [6.07, 6.45) is 1.17. The highest BCUT2D eigenvalue weighted by molar-refractivity contribution is 5.66. The molecule has 5 nitrogen and oxygen atoms in total. The predicted molar refractivity (Wildman–Crippen MR) is 55.5 cm³/mol. The number of carbonyl (C=O) groups excluding carboxylic acids is 2. The number of rotatable bonds is 4. The molecule has 1 aliphatic rings. The van der Waals surface area contributed by atoms with Crippen molar-refractivity contribution in [1.29, 1.82) is 0 Å². The summed E-state index contributed by atoms with van der Waals surface area (Å²) >= 11 is 0. The van der Waals surface area contributed by atoms with E-state index >= 15 is 0 Å². The molecule has 0 aromatic rings. The molecule has 1 saturated heterocycles. The molecule has 0 bridgehead atoms. The van der Waals surface area contributed by atoms with Crippen molar-refractivity contribution in [2.75, 3.05) is 0 Å². The van der Waals surface area contributed by atoms with Crippen LogP contribution in [0.4, 0.5) is 0 Å². The predicted octanol–water partition coefficient (Wildman–Crippen LogP) is 1.40. The van der Waals surface area contributed by atoms with Crippen LogP contribution in [0, 0.1) is 0 Å². The number of carbonyl (C=O) groups is 2.